The van der Waals surface area contributed by atoms with Crippen molar-refractivity contribution in [3.05, 3.63) is 83.4 Å². The first-order valence-electron chi connectivity index (χ1n) is 14.0. The molecule has 0 aliphatic carbocycles. The van der Waals surface area contributed by atoms with Crippen LogP contribution in [0.5, 0.6) is 5.75 Å². The molecule has 0 aromatic heterocycles. The maximum atomic E-state index is 13.7. The molecule has 39 heavy (non-hydrogen) atoms. The molecule has 6 nitrogen and oxygen atoms in total. The minimum atomic E-state index is -0.0964. The summed E-state index contributed by atoms with van der Waals surface area (Å²) < 4.78 is 5.72. The Hall–Kier alpha value is -3.80. The van der Waals surface area contributed by atoms with Crippen LogP contribution in [0, 0.1) is 0 Å². The molecule has 1 heterocycles. The van der Waals surface area contributed by atoms with Crippen LogP contribution in [-0.2, 0) is 5.41 Å². The molecule has 0 atom stereocenters. The van der Waals surface area contributed by atoms with Gasteiger partial charge >= 0.3 is 0 Å². The largest absolute Gasteiger partial charge is 0.494 e. The molecule has 2 amide bonds. The van der Waals surface area contributed by atoms with E-state index in [1.165, 1.54) is 0 Å². The Bertz CT molecular complexity index is 1290. The van der Waals surface area contributed by atoms with Crippen LogP contribution in [0.15, 0.2) is 66.7 Å². The van der Waals surface area contributed by atoms with Gasteiger partial charge in [0.1, 0.15) is 5.75 Å². The van der Waals surface area contributed by atoms with E-state index in [-0.39, 0.29) is 17.2 Å². The summed E-state index contributed by atoms with van der Waals surface area (Å²) in [6, 6.07) is 22.0. The second kappa shape index (κ2) is 12.4. The van der Waals surface area contributed by atoms with Crippen molar-refractivity contribution in [2.75, 3.05) is 44.2 Å². The van der Waals surface area contributed by atoms with Crippen molar-refractivity contribution < 1.29 is 14.3 Å². The van der Waals surface area contributed by atoms with Crippen molar-refractivity contribution in [3.63, 3.8) is 0 Å². The minimum absolute atomic E-state index is 0.0414. The van der Waals surface area contributed by atoms with Crippen molar-refractivity contribution in [3.8, 4) is 16.9 Å². The number of benzene rings is 3. The molecule has 1 saturated heterocycles. The van der Waals surface area contributed by atoms with Gasteiger partial charge in [-0.1, -0.05) is 45.9 Å². The number of carbonyl (C=O) groups is 2. The average Bonchev–Trinajstić information content (AvgIpc) is 2.95. The number of nitrogens with one attached hydrogen (secondary N) is 1. The van der Waals surface area contributed by atoms with E-state index in [2.05, 4.69) is 43.1 Å². The van der Waals surface area contributed by atoms with Crippen LogP contribution in [0.4, 0.5) is 5.69 Å². The zero-order valence-corrected chi connectivity index (χ0v) is 23.9. The van der Waals surface area contributed by atoms with E-state index in [0.717, 1.165) is 53.2 Å². The van der Waals surface area contributed by atoms with Crippen LogP contribution in [0.2, 0.25) is 0 Å². The number of rotatable bonds is 8. The number of hydrogen-bond donors (Lipinski definition) is 1. The van der Waals surface area contributed by atoms with E-state index < -0.39 is 0 Å². The number of amides is 2. The van der Waals surface area contributed by atoms with E-state index in [0.29, 0.717) is 31.8 Å². The molecular weight excluding hydrogens is 486 g/mol. The van der Waals surface area contributed by atoms with Gasteiger partial charge in [0.2, 0.25) is 0 Å². The topological polar surface area (TPSA) is 61.9 Å². The fourth-order valence-corrected chi connectivity index (χ4v) is 4.80. The van der Waals surface area contributed by atoms with Gasteiger partial charge in [-0.2, -0.15) is 0 Å². The number of carbonyl (C=O) groups excluding carboxylic acids is 2. The number of nitrogens with zero attached hydrogens (tertiary/aromatic N) is 2. The fraction of sp³-hybridized carbons (Fsp3) is 0.394. The second-order valence-corrected chi connectivity index (χ2v) is 11.1. The van der Waals surface area contributed by atoms with Crippen LogP contribution in [0.3, 0.4) is 0 Å². The summed E-state index contributed by atoms with van der Waals surface area (Å²) in [5, 5.41) is 2.91. The smallest absolute Gasteiger partial charge is 0.254 e. The zero-order valence-electron chi connectivity index (χ0n) is 23.9. The maximum absolute atomic E-state index is 13.7. The third kappa shape index (κ3) is 6.99. The zero-order chi connectivity index (χ0) is 28.0. The van der Waals surface area contributed by atoms with Gasteiger partial charge in [0, 0.05) is 49.5 Å². The summed E-state index contributed by atoms with van der Waals surface area (Å²) in [6.45, 7) is 14.6. The molecule has 1 fully saturated rings. The summed E-state index contributed by atoms with van der Waals surface area (Å²) in [6.07, 6.45) is 0.912. The molecule has 1 aliphatic heterocycles. The van der Waals surface area contributed by atoms with E-state index in [1.807, 2.05) is 73.3 Å². The fourth-order valence-electron chi connectivity index (χ4n) is 4.80. The van der Waals surface area contributed by atoms with Gasteiger partial charge in [-0.15, -0.1) is 0 Å². The lowest BCUT2D eigenvalue weighted by Crippen LogP contribution is -2.48. The number of ether oxygens (including phenoxy) is 1. The molecule has 0 radical (unpaired) electrons. The number of hydrogen-bond acceptors (Lipinski definition) is 4. The van der Waals surface area contributed by atoms with Crippen molar-refractivity contribution in [1.29, 1.82) is 0 Å². The lowest BCUT2D eigenvalue weighted by atomic mass is 9.84. The first-order chi connectivity index (χ1) is 18.7. The van der Waals surface area contributed by atoms with Crippen molar-refractivity contribution in [2.24, 2.45) is 0 Å². The Morgan fingerprint density at radius 1 is 0.846 bits per heavy atom. The third-order valence-electron chi connectivity index (χ3n) is 7.12. The normalized spacial score (nSPS) is 13.8. The molecule has 4 rings (SSSR count). The minimum Gasteiger partial charge on any atom is -0.494 e. The van der Waals surface area contributed by atoms with Gasteiger partial charge in [0.05, 0.1) is 6.61 Å². The Balaban J connectivity index is 1.49. The van der Waals surface area contributed by atoms with Gasteiger partial charge in [-0.05, 0) is 84.0 Å². The first kappa shape index (κ1) is 28.2. The molecule has 3 aromatic carbocycles. The highest BCUT2D eigenvalue weighted by molar-refractivity contribution is 5.96. The SMILES string of the molecule is CCCNC(=O)c1ccc(N2CCN(C(=O)c3cc(-c4cccc(OCC)c4)cc(C(C)(C)C)c3)CC2)cc1. The predicted molar refractivity (Wildman–Crippen MR) is 159 cm³/mol. The molecular formula is C33H41N3O3. The summed E-state index contributed by atoms with van der Waals surface area (Å²) in [5.41, 5.74) is 5.55. The molecule has 1 N–H and O–H groups in total. The maximum Gasteiger partial charge on any atom is 0.254 e. The van der Waals surface area contributed by atoms with Crippen molar-refractivity contribution in [1.82, 2.24) is 10.2 Å². The van der Waals surface area contributed by atoms with E-state index in [4.69, 9.17) is 4.74 Å². The molecule has 206 valence electrons. The van der Waals surface area contributed by atoms with Gasteiger partial charge in [0.25, 0.3) is 11.8 Å². The molecule has 3 aromatic rings. The quantitative estimate of drug-likeness (QED) is 0.382. The summed E-state index contributed by atoms with van der Waals surface area (Å²) in [7, 11) is 0. The van der Waals surface area contributed by atoms with Gasteiger partial charge in [0.15, 0.2) is 0 Å². The Kier molecular flexibility index (Phi) is 8.95. The molecule has 0 spiro atoms. The second-order valence-electron chi connectivity index (χ2n) is 11.1. The number of piperazine rings is 1. The van der Waals surface area contributed by atoms with Gasteiger partial charge in [-0.25, -0.2) is 0 Å². The van der Waals surface area contributed by atoms with Crippen LogP contribution in [0.1, 0.15) is 67.3 Å². The van der Waals surface area contributed by atoms with Crippen LogP contribution in [0.25, 0.3) is 11.1 Å². The van der Waals surface area contributed by atoms with E-state index in [9.17, 15) is 9.59 Å². The van der Waals surface area contributed by atoms with Crippen LogP contribution >= 0.6 is 0 Å². The molecule has 1 aliphatic rings. The van der Waals surface area contributed by atoms with Crippen LogP contribution < -0.4 is 15.0 Å². The molecule has 6 heteroatoms. The highest BCUT2D eigenvalue weighted by Crippen LogP contribution is 2.32. The molecule has 0 bridgehead atoms. The Morgan fingerprint density at radius 3 is 2.21 bits per heavy atom. The highest BCUT2D eigenvalue weighted by Gasteiger charge is 2.25. The number of anilines is 1. The third-order valence-corrected chi connectivity index (χ3v) is 7.12. The van der Waals surface area contributed by atoms with Crippen molar-refractivity contribution in [2.45, 2.75) is 46.5 Å². The Labute approximate surface area is 233 Å². The molecule has 0 unspecified atom stereocenters. The standard InChI is InChI=1S/C33H41N3O3/c1-6-15-34-31(37)24-11-13-29(14-12-24)35-16-18-36(19-17-35)32(38)27-20-26(21-28(22-27)33(3,4)5)25-9-8-10-30(23-25)39-7-2/h8-14,20-23H,6-7,15-19H2,1-5H3,(H,34,37). The summed E-state index contributed by atoms with van der Waals surface area (Å²) in [4.78, 5) is 30.2. The highest BCUT2D eigenvalue weighted by atomic mass is 16.5. The molecule has 0 saturated carbocycles. The van der Waals surface area contributed by atoms with E-state index >= 15 is 0 Å². The monoisotopic (exact) mass is 527 g/mol. The van der Waals surface area contributed by atoms with Crippen molar-refractivity contribution >= 4 is 17.5 Å². The predicted octanol–water partition coefficient (Wildman–Crippen LogP) is 6.15. The lowest BCUT2D eigenvalue weighted by Gasteiger charge is -2.36. The average molecular weight is 528 g/mol. The first-order valence-corrected chi connectivity index (χ1v) is 14.0. The summed E-state index contributed by atoms with van der Waals surface area (Å²) >= 11 is 0. The van der Waals surface area contributed by atoms with E-state index in [1.54, 1.807) is 0 Å². The summed E-state index contributed by atoms with van der Waals surface area (Å²) in [5.74, 6) is 0.848. The van der Waals surface area contributed by atoms with Gasteiger partial charge < -0.3 is 19.9 Å². The lowest BCUT2D eigenvalue weighted by molar-refractivity contribution is 0.0746. The van der Waals surface area contributed by atoms with Crippen LogP contribution in [-0.4, -0.2) is 56.0 Å². The van der Waals surface area contributed by atoms with Gasteiger partial charge in [-0.3, -0.25) is 9.59 Å². The Morgan fingerprint density at radius 2 is 1.56 bits per heavy atom.